The fourth-order valence-electron chi connectivity index (χ4n) is 1.88. The Labute approximate surface area is 150 Å². The number of esters is 1. The second-order valence-electron chi connectivity index (χ2n) is 5.02. The predicted octanol–water partition coefficient (Wildman–Crippen LogP) is 4.39. The minimum Gasteiger partial charge on any atom is -0.453 e. The molecule has 0 saturated heterocycles. The Morgan fingerprint density at radius 3 is 2.50 bits per heavy atom. The zero-order valence-electron chi connectivity index (χ0n) is 13.2. The van der Waals surface area contributed by atoms with Crippen molar-refractivity contribution < 1.29 is 14.3 Å². The summed E-state index contributed by atoms with van der Waals surface area (Å²) < 4.78 is 5.16. The molecule has 0 aliphatic carbocycles. The molecule has 0 aliphatic rings. The fraction of sp³-hybridized carbons (Fsp3) is 0.222. The Hall–Kier alpha value is -1.98. The highest BCUT2D eigenvalue weighted by atomic mass is 35.5. The maximum Gasteiger partial charge on any atom is 0.307 e. The lowest BCUT2D eigenvalue weighted by atomic mass is 10.3. The monoisotopic (exact) mass is 363 g/mol. The molecule has 0 spiro atoms. The number of para-hydroxylation sites is 1. The molecular weight excluding hydrogens is 346 g/mol. The molecule has 0 fully saturated rings. The van der Waals surface area contributed by atoms with Gasteiger partial charge in [0.2, 0.25) is 0 Å². The van der Waals surface area contributed by atoms with Gasteiger partial charge in [0.05, 0.1) is 11.4 Å². The lowest BCUT2D eigenvalue weighted by Gasteiger charge is -2.13. The number of nitrogens with one attached hydrogen (secondary N) is 1. The maximum absolute atomic E-state index is 12.0. The molecule has 2 aromatic carbocycles. The summed E-state index contributed by atoms with van der Waals surface area (Å²) in [6.45, 7) is 1.55. The first-order chi connectivity index (χ1) is 11.6. The molecule has 24 heavy (non-hydrogen) atoms. The average molecular weight is 364 g/mol. The van der Waals surface area contributed by atoms with Gasteiger partial charge in [-0.15, -0.1) is 11.8 Å². The van der Waals surface area contributed by atoms with Gasteiger partial charge in [-0.3, -0.25) is 9.59 Å². The Bertz CT molecular complexity index is 694. The van der Waals surface area contributed by atoms with E-state index in [4.69, 9.17) is 16.3 Å². The molecule has 2 aromatic rings. The number of thioether (sulfide) groups is 1. The highest BCUT2D eigenvalue weighted by Gasteiger charge is 2.17. The molecule has 0 heterocycles. The maximum atomic E-state index is 12.0. The largest absolute Gasteiger partial charge is 0.453 e. The molecule has 1 atom stereocenters. The van der Waals surface area contributed by atoms with Crippen LogP contribution in [0.4, 0.5) is 5.69 Å². The van der Waals surface area contributed by atoms with E-state index in [-0.39, 0.29) is 12.3 Å². The number of benzene rings is 2. The Balaban J connectivity index is 1.73. The standard InChI is InChI=1S/C18H18ClNO3S/c1-13(18(22)20-14-7-3-2-4-8-14)23-17(21)11-12-24-16-10-6-5-9-15(16)19/h2-10,13H,11-12H2,1H3,(H,20,22). The zero-order chi connectivity index (χ0) is 17.4. The molecule has 6 heteroatoms. The minimum absolute atomic E-state index is 0.207. The number of hydrogen-bond acceptors (Lipinski definition) is 4. The number of carbonyl (C=O) groups excluding carboxylic acids is 2. The number of amides is 1. The summed E-state index contributed by atoms with van der Waals surface area (Å²) in [5.74, 6) is -0.228. The Kier molecular flexibility index (Phi) is 7.15. The Morgan fingerprint density at radius 1 is 1.12 bits per heavy atom. The van der Waals surface area contributed by atoms with Crippen LogP contribution >= 0.6 is 23.4 Å². The van der Waals surface area contributed by atoms with Crippen molar-refractivity contribution in [2.45, 2.75) is 24.3 Å². The molecule has 2 rings (SSSR count). The molecule has 0 bridgehead atoms. The van der Waals surface area contributed by atoms with Crippen LogP contribution in [0.5, 0.6) is 0 Å². The summed E-state index contributed by atoms with van der Waals surface area (Å²) in [5, 5.41) is 3.36. The summed E-state index contributed by atoms with van der Waals surface area (Å²) in [6, 6.07) is 16.5. The van der Waals surface area contributed by atoms with Gasteiger partial charge in [-0.25, -0.2) is 0 Å². The smallest absolute Gasteiger partial charge is 0.307 e. The zero-order valence-corrected chi connectivity index (χ0v) is 14.8. The van der Waals surface area contributed by atoms with Crippen molar-refractivity contribution in [1.29, 1.82) is 0 Å². The number of anilines is 1. The molecule has 0 saturated carbocycles. The molecule has 0 aromatic heterocycles. The summed E-state index contributed by atoms with van der Waals surface area (Å²) >= 11 is 7.53. The third-order valence-electron chi connectivity index (χ3n) is 3.12. The third-order valence-corrected chi connectivity index (χ3v) is 4.64. The molecule has 0 radical (unpaired) electrons. The number of carbonyl (C=O) groups is 2. The number of hydrogen-bond donors (Lipinski definition) is 1. The molecule has 1 unspecified atom stereocenters. The van der Waals surface area contributed by atoms with Crippen molar-refractivity contribution in [3.8, 4) is 0 Å². The summed E-state index contributed by atoms with van der Waals surface area (Å²) in [5.41, 5.74) is 0.666. The van der Waals surface area contributed by atoms with E-state index in [1.807, 2.05) is 36.4 Å². The first-order valence-electron chi connectivity index (χ1n) is 7.49. The summed E-state index contributed by atoms with van der Waals surface area (Å²) in [4.78, 5) is 24.7. The first kappa shape index (κ1) is 18.4. The SMILES string of the molecule is CC(OC(=O)CCSc1ccccc1Cl)C(=O)Nc1ccccc1. The van der Waals surface area contributed by atoms with Crippen molar-refractivity contribution in [2.75, 3.05) is 11.1 Å². The van der Waals surface area contributed by atoms with Crippen LogP contribution in [0.3, 0.4) is 0 Å². The molecule has 1 amide bonds. The molecule has 4 nitrogen and oxygen atoms in total. The normalized spacial score (nSPS) is 11.6. The van der Waals surface area contributed by atoms with Crippen molar-refractivity contribution in [3.05, 3.63) is 59.6 Å². The van der Waals surface area contributed by atoms with E-state index in [0.717, 1.165) is 4.90 Å². The number of ether oxygens (including phenoxy) is 1. The van der Waals surface area contributed by atoms with E-state index < -0.39 is 12.1 Å². The van der Waals surface area contributed by atoms with Crippen LogP contribution in [0.2, 0.25) is 5.02 Å². The number of rotatable bonds is 7. The van der Waals surface area contributed by atoms with Crippen molar-refractivity contribution in [2.24, 2.45) is 0 Å². The number of halogens is 1. The van der Waals surface area contributed by atoms with Gasteiger partial charge in [-0.2, -0.15) is 0 Å². The molecule has 0 aliphatic heterocycles. The van der Waals surface area contributed by atoms with Crippen LogP contribution in [0.1, 0.15) is 13.3 Å². The first-order valence-corrected chi connectivity index (χ1v) is 8.85. The van der Waals surface area contributed by atoms with Crippen LogP contribution < -0.4 is 5.32 Å². The van der Waals surface area contributed by atoms with E-state index in [9.17, 15) is 9.59 Å². The van der Waals surface area contributed by atoms with Crippen LogP contribution in [0, 0.1) is 0 Å². The average Bonchev–Trinajstić information content (AvgIpc) is 2.57. The summed E-state index contributed by atoms with van der Waals surface area (Å²) in [6.07, 6.45) is -0.637. The predicted molar refractivity (Wildman–Crippen MR) is 97.4 cm³/mol. The third kappa shape index (κ3) is 5.91. The fourth-order valence-corrected chi connectivity index (χ4v) is 3.05. The van der Waals surface area contributed by atoms with Crippen LogP contribution in [0.25, 0.3) is 0 Å². The van der Waals surface area contributed by atoms with E-state index in [1.165, 1.54) is 11.8 Å². The van der Waals surface area contributed by atoms with Gasteiger partial charge in [0.25, 0.3) is 5.91 Å². The van der Waals surface area contributed by atoms with Crippen LogP contribution in [0.15, 0.2) is 59.5 Å². The van der Waals surface area contributed by atoms with Crippen molar-refractivity contribution in [3.63, 3.8) is 0 Å². The molecule has 126 valence electrons. The topological polar surface area (TPSA) is 55.4 Å². The van der Waals surface area contributed by atoms with Gasteiger partial charge in [0, 0.05) is 16.3 Å². The van der Waals surface area contributed by atoms with Crippen molar-refractivity contribution in [1.82, 2.24) is 0 Å². The van der Waals surface area contributed by atoms with Gasteiger partial charge in [0.1, 0.15) is 0 Å². The second kappa shape index (κ2) is 9.35. The van der Waals surface area contributed by atoms with Gasteiger partial charge >= 0.3 is 5.97 Å². The minimum atomic E-state index is -0.844. The van der Waals surface area contributed by atoms with Gasteiger partial charge in [-0.05, 0) is 31.2 Å². The highest BCUT2D eigenvalue weighted by molar-refractivity contribution is 7.99. The summed E-state index contributed by atoms with van der Waals surface area (Å²) in [7, 11) is 0. The van der Waals surface area contributed by atoms with Crippen molar-refractivity contribution >= 4 is 40.9 Å². The molecular formula is C18H18ClNO3S. The van der Waals surface area contributed by atoms with Gasteiger partial charge in [0.15, 0.2) is 6.10 Å². The molecule has 1 N–H and O–H groups in total. The van der Waals surface area contributed by atoms with Crippen LogP contribution in [-0.2, 0) is 14.3 Å². The van der Waals surface area contributed by atoms with E-state index in [1.54, 1.807) is 25.1 Å². The van der Waals surface area contributed by atoms with Gasteiger partial charge < -0.3 is 10.1 Å². The second-order valence-corrected chi connectivity index (χ2v) is 6.56. The van der Waals surface area contributed by atoms with E-state index in [0.29, 0.717) is 16.5 Å². The van der Waals surface area contributed by atoms with Crippen LogP contribution in [-0.4, -0.2) is 23.7 Å². The lowest BCUT2D eigenvalue weighted by molar-refractivity contribution is -0.152. The quantitative estimate of drug-likeness (QED) is 0.585. The lowest BCUT2D eigenvalue weighted by Crippen LogP contribution is -2.30. The Morgan fingerprint density at radius 2 is 1.79 bits per heavy atom. The highest BCUT2D eigenvalue weighted by Crippen LogP contribution is 2.27. The van der Waals surface area contributed by atoms with E-state index in [2.05, 4.69) is 5.32 Å². The van der Waals surface area contributed by atoms with E-state index >= 15 is 0 Å². The van der Waals surface area contributed by atoms with Gasteiger partial charge in [-0.1, -0.05) is 41.9 Å².